The third-order valence-electron chi connectivity index (χ3n) is 3.86. The van der Waals surface area contributed by atoms with Crippen LogP contribution in [0.4, 0.5) is 0 Å². The maximum Gasteiger partial charge on any atom is 0.342 e. The van der Waals surface area contributed by atoms with Gasteiger partial charge in [0.2, 0.25) is 0 Å². The van der Waals surface area contributed by atoms with Crippen molar-refractivity contribution in [3.8, 4) is 28.0 Å². The SMILES string of the molecule is CC#CC=C1OC1c1cc(-c2ccc(C)s2)cc(OC)c1C(=O)OC. The number of hydrogen-bond donors (Lipinski definition) is 0. The van der Waals surface area contributed by atoms with Gasteiger partial charge in [-0.05, 0) is 43.7 Å². The lowest BCUT2D eigenvalue weighted by atomic mass is 9.98. The normalized spacial score (nSPS) is 16.6. The van der Waals surface area contributed by atoms with Gasteiger partial charge in [0.05, 0.1) is 14.2 Å². The van der Waals surface area contributed by atoms with Crippen molar-refractivity contribution in [1.82, 2.24) is 0 Å². The lowest BCUT2D eigenvalue weighted by Gasteiger charge is -2.13. The molecule has 1 aromatic heterocycles. The molecule has 1 saturated heterocycles. The summed E-state index contributed by atoms with van der Waals surface area (Å²) in [6.07, 6.45) is 1.42. The second kappa shape index (κ2) is 7.04. The van der Waals surface area contributed by atoms with Crippen LogP contribution < -0.4 is 4.74 Å². The largest absolute Gasteiger partial charge is 0.496 e. The van der Waals surface area contributed by atoms with Crippen molar-refractivity contribution >= 4 is 17.3 Å². The monoisotopic (exact) mass is 354 g/mol. The Morgan fingerprint density at radius 2 is 2.12 bits per heavy atom. The Labute approximate surface area is 151 Å². The summed E-state index contributed by atoms with van der Waals surface area (Å²) in [5, 5.41) is 0. The third kappa shape index (κ3) is 3.40. The van der Waals surface area contributed by atoms with E-state index in [1.54, 1.807) is 31.4 Å². The number of ether oxygens (including phenoxy) is 3. The van der Waals surface area contributed by atoms with E-state index in [9.17, 15) is 4.79 Å². The van der Waals surface area contributed by atoms with E-state index in [0.717, 1.165) is 21.8 Å². The van der Waals surface area contributed by atoms with Gasteiger partial charge in [-0.25, -0.2) is 4.79 Å². The minimum absolute atomic E-state index is 0.301. The maximum absolute atomic E-state index is 12.3. The second-order valence-corrected chi connectivity index (χ2v) is 6.77. The van der Waals surface area contributed by atoms with Crippen LogP contribution in [0.1, 0.15) is 33.8 Å². The Morgan fingerprint density at radius 3 is 2.72 bits per heavy atom. The number of carbonyl (C=O) groups is 1. The minimum atomic E-state index is -0.447. The van der Waals surface area contributed by atoms with E-state index in [0.29, 0.717) is 11.3 Å². The maximum atomic E-state index is 12.3. The highest BCUT2D eigenvalue weighted by atomic mass is 32.1. The first kappa shape index (κ1) is 17.1. The zero-order valence-corrected chi connectivity index (χ0v) is 15.3. The standard InChI is InChI=1S/C20H18O4S/c1-5-6-7-15-19(24-15)14-10-13(17-9-8-12(2)25-17)11-16(22-3)18(14)20(21)23-4/h7-11,19H,1-4H3. The lowest BCUT2D eigenvalue weighted by molar-refractivity contribution is 0.0595. The fourth-order valence-electron chi connectivity index (χ4n) is 2.63. The van der Waals surface area contributed by atoms with Crippen molar-refractivity contribution in [3.05, 3.63) is 52.1 Å². The summed E-state index contributed by atoms with van der Waals surface area (Å²) in [6, 6.07) is 7.95. The molecule has 1 unspecified atom stereocenters. The van der Waals surface area contributed by atoms with Gasteiger partial charge in [0.15, 0.2) is 11.9 Å². The average Bonchev–Trinajstić information content (AvgIpc) is 3.28. The van der Waals surface area contributed by atoms with Gasteiger partial charge in [-0.3, -0.25) is 0 Å². The van der Waals surface area contributed by atoms with Crippen molar-refractivity contribution < 1.29 is 19.0 Å². The first-order valence-corrected chi connectivity index (χ1v) is 8.56. The van der Waals surface area contributed by atoms with Gasteiger partial charge in [-0.15, -0.1) is 17.3 Å². The highest BCUT2D eigenvalue weighted by Gasteiger charge is 2.39. The number of benzene rings is 1. The average molecular weight is 354 g/mol. The molecule has 1 fully saturated rings. The van der Waals surface area contributed by atoms with Gasteiger partial charge >= 0.3 is 5.97 Å². The van der Waals surface area contributed by atoms with Crippen LogP contribution in [0.5, 0.6) is 5.75 Å². The highest BCUT2D eigenvalue weighted by molar-refractivity contribution is 7.15. The molecule has 0 saturated carbocycles. The zero-order valence-electron chi connectivity index (χ0n) is 14.5. The summed E-state index contributed by atoms with van der Waals surface area (Å²) in [7, 11) is 2.90. The van der Waals surface area contributed by atoms with Crippen molar-refractivity contribution in [1.29, 1.82) is 0 Å². The summed E-state index contributed by atoms with van der Waals surface area (Å²) in [5.41, 5.74) is 2.10. The number of rotatable bonds is 4. The number of esters is 1. The Morgan fingerprint density at radius 1 is 1.32 bits per heavy atom. The molecule has 0 N–H and O–H groups in total. The van der Waals surface area contributed by atoms with Crippen molar-refractivity contribution in [2.75, 3.05) is 14.2 Å². The van der Waals surface area contributed by atoms with Crippen LogP contribution in [0.15, 0.2) is 36.1 Å². The second-order valence-electron chi connectivity index (χ2n) is 5.48. The molecular formula is C20H18O4S. The first-order valence-electron chi connectivity index (χ1n) is 7.75. The summed E-state index contributed by atoms with van der Waals surface area (Å²) in [5.74, 6) is 6.43. The fourth-order valence-corrected chi connectivity index (χ4v) is 3.48. The summed E-state index contributed by atoms with van der Waals surface area (Å²) in [6.45, 7) is 3.82. The molecule has 0 radical (unpaired) electrons. The Hall–Kier alpha value is -2.71. The molecule has 1 atom stereocenters. The molecule has 128 valence electrons. The number of allylic oxidation sites excluding steroid dienone is 1. The molecule has 2 aromatic rings. The van der Waals surface area contributed by atoms with E-state index in [-0.39, 0.29) is 6.10 Å². The molecule has 2 heterocycles. The summed E-state index contributed by atoms with van der Waals surface area (Å²) in [4.78, 5) is 14.6. The predicted molar refractivity (Wildman–Crippen MR) is 97.7 cm³/mol. The quantitative estimate of drug-likeness (QED) is 0.461. The first-order chi connectivity index (χ1) is 12.1. The van der Waals surface area contributed by atoms with Crippen LogP contribution in [-0.4, -0.2) is 20.2 Å². The van der Waals surface area contributed by atoms with Gasteiger partial charge in [-0.2, -0.15) is 0 Å². The smallest absolute Gasteiger partial charge is 0.342 e. The Bertz CT molecular complexity index is 912. The molecule has 25 heavy (non-hydrogen) atoms. The van der Waals surface area contributed by atoms with E-state index in [2.05, 4.69) is 30.9 Å². The Balaban J connectivity index is 2.15. The van der Waals surface area contributed by atoms with Crippen LogP contribution in [0, 0.1) is 18.8 Å². The summed E-state index contributed by atoms with van der Waals surface area (Å²) < 4.78 is 16.1. The molecule has 3 rings (SSSR count). The van der Waals surface area contributed by atoms with Gasteiger partial charge in [0.1, 0.15) is 11.3 Å². The molecular weight excluding hydrogens is 336 g/mol. The predicted octanol–water partition coefficient (Wildman–Crippen LogP) is 4.50. The van der Waals surface area contributed by atoms with Crippen LogP contribution in [-0.2, 0) is 9.47 Å². The van der Waals surface area contributed by atoms with Gasteiger partial charge in [0.25, 0.3) is 0 Å². The number of epoxide rings is 1. The third-order valence-corrected chi connectivity index (χ3v) is 4.91. The number of methoxy groups -OCH3 is 2. The van der Waals surface area contributed by atoms with Gasteiger partial charge in [-0.1, -0.05) is 5.92 Å². The van der Waals surface area contributed by atoms with E-state index in [1.165, 1.54) is 12.0 Å². The molecule has 1 aliphatic rings. The van der Waals surface area contributed by atoms with Crippen molar-refractivity contribution in [2.24, 2.45) is 0 Å². The lowest BCUT2D eigenvalue weighted by Crippen LogP contribution is -2.08. The van der Waals surface area contributed by atoms with Gasteiger partial charge < -0.3 is 14.2 Å². The molecule has 0 aliphatic carbocycles. The number of hydrogen-bond acceptors (Lipinski definition) is 5. The highest BCUT2D eigenvalue weighted by Crippen LogP contribution is 2.47. The van der Waals surface area contributed by atoms with E-state index >= 15 is 0 Å². The van der Waals surface area contributed by atoms with Crippen molar-refractivity contribution in [3.63, 3.8) is 0 Å². The van der Waals surface area contributed by atoms with Crippen LogP contribution >= 0.6 is 11.3 Å². The molecule has 0 spiro atoms. The minimum Gasteiger partial charge on any atom is -0.496 e. The Kier molecular flexibility index (Phi) is 4.82. The molecule has 1 aromatic carbocycles. The number of carbonyl (C=O) groups excluding carboxylic acids is 1. The van der Waals surface area contributed by atoms with Crippen LogP contribution in [0.25, 0.3) is 10.4 Å². The molecule has 1 aliphatic heterocycles. The number of thiophene rings is 1. The van der Waals surface area contributed by atoms with E-state index < -0.39 is 5.97 Å². The van der Waals surface area contributed by atoms with E-state index in [1.807, 2.05) is 12.1 Å². The van der Waals surface area contributed by atoms with E-state index in [4.69, 9.17) is 14.2 Å². The molecule has 0 bridgehead atoms. The zero-order chi connectivity index (χ0) is 18.0. The number of aryl methyl sites for hydroxylation is 1. The van der Waals surface area contributed by atoms with Crippen LogP contribution in [0.2, 0.25) is 0 Å². The van der Waals surface area contributed by atoms with Gasteiger partial charge in [0, 0.05) is 21.4 Å². The summed E-state index contributed by atoms with van der Waals surface area (Å²) >= 11 is 1.69. The molecule has 0 amide bonds. The fraction of sp³-hybridized carbons (Fsp3) is 0.250. The molecule has 5 heteroatoms. The van der Waals surface area contributed by atoms with Crippen LogP contribution in [0.3, 0.4) is 0 Å². The molecule has 4 nitrogen and oxygen atoms in total. The van der Waals surface area contributed by atoms with Crippen molar-refractivity contribution in [2.45, 2.75) is 20.0 Å². The topological polar surface area (TPSA) is 48.1 Å².